The highest BCUT2D eigenvalue weighted by atomic mass is 16.2. The number of Topliss-reactive ketones (excluding diaryl/α,β-unsaturated/α-hetero) is 1. The fourth-order valence-electron chi connectivity index (χ4n) is 2.64. The molecule has 3 nitrogen and oxygen atoms in total. The van der Waals surface area contributed by atoms with Crippen LogP contribution in [-0.4, -0.2) is 17.2 Å². The van der Waals surface area contributed by atoms with Crippen LogP contribution in [0, 0.1) is 5.92 Å². The van der Waals surface area contributed by atoms with Crippen molar-refractivity contribution >= 4 is 11.7 Å². The zero-order chi connectivity index (χ0) is 17.6. The minimum Gasteiger partial charge on any atom is -0.345 e. The second kappa shape index (κ2) is 7.91. The van der Waals surface area contributed by atoms with Gasteiger partial charge in [-0.05, 0) is 44.7 Å². The van der Waals surface area contributed by atoms with Crippen LogP contribution in [0.15, 0.2) is 60.7 Å². The summed E-state index contributed by atoms with van der Waals surface area (Å²) in [6.07, 6.45) is 1.12. The van der Waals surface area contributed by atoms with E-state index >= 15 is 0 Å². The van der Waals surface area contributed by atoms with Crippen molar-refractivity contribution in [3.8, 4) is 0 Å². The third-order valence-corrected chi connectivity index (χ3v) is 3.73. The van der Waals surface area contributed by atoms with Crippen molar-refractivity contribution in [1.82, 2.24) is 5.32 Å². The lowest BCUT2D eigenvalue weighted by atomic mass is 9.88. The van der Waals surface area contributed by atoms with E-state index in [0.29, 0.717) is 12.8 Å². The molecule has 0 fully saturated rings. The van der Waals surface area contributed by atoms with Gasteiger partial charge in [0.25, 0.3) is 5.91 Å². The molecule has 0 aliphatic carbocycles. The standard InChI is InChI=1S/C21H25NO2/c1-21(2,3)22-20(24)19(23)18(14-16-10-6-4-7-11-16)15-17-12-8-5-9-13-17/h4-13,18H,14-15H2,1-3H3,(H,22,24). The van der Waals surface area contributed by atoms with Gasteiger partial charge >= 0.3 is 0 Å². The first kappa shape index (κ1) is 17.9. The van der Waals surface area contributed by atoms with Gasteiger partial charge in [-0.3, -0.25) is 9.59 Å². The topological polar surface area (TPSA) is 46.2 Å². The van der Waals surface area contributed by atoms with Crippen molar-refractivity contribution in [2.45, 2.75) is 39.2 Å². The molecule has 1 amide bonds. The largest absolute Gasteiger partial charge is 0.345 e. The third kappa shape index (κ3) is 5.65. The van der Waals surface area contributed by atoms with E-state index in [4.69, 9.17) is 0 Å². The van der Waals surface area contributed by atoms with E-state index in [1.807, 2.05) is 81.4 Å². The second-order valence-electron chi connectivity index (χ2n) is 7.14. The Balaban J connectivity index is 2.18. The fraction of sp³-hybridized carbons (Fsp3) is 0.333. The molecule has 0 aliphatic heterocycles. The summed E-state index contributed by atoms with van der Waals surface area (Å²) in [5.41, 5.74) is 1.71. The van der Waals surface area contributed by atoms with Gasteiger partial charge in [-0.25, -0.2) is 0 Å². The molecule has 24 heavy (non-hydrogen) atoms. The molecule has 2 rings (SSSR count). The van der Waals surface area contributed by atoms with Gasteiger partial charge in [-0.2, -0.15) is 0 Å². The molecule has 126 valence electrons. The molecule has 0 saturated heterocycles. The van der Waals surface area contributed by atoms with E-state index in [1.165, 1.54) is 0 Å². The van der Waals surface area contributed by atoms with Crippen LogP contribution in [0.3, 0.4) is 0 Å². The molecule has 1 N–H and O–H groups in total. The van der Waals surface area contributed by atoms with Gasteiger partial charge < -0.3 is 5.32 Å². The summed E-state index contributed by atoms with van der Waals surface area (Å²) < 4.78 is 0. The Bertz CT molecular complexity index is 630. The lowest BCUT2D eigenvalue weighted by Crippen LogP contribution is -2.46. The van der Waals surface area contributed by atoms with E-state index in [-0.39, 0.29) is 11.7 Å². The maximum absolute atomic E-state index is 12.7. The zero-order valence-electron chi connectivity index (χ0n) is 14.6. The SMILES string of the molecule is CC(C)(C)NC(=O)C(=O)C(Cc1ccccc1)Cc1ccccc1. The average molecular weight is 323 g/mol. The van der Waals surface area contributed by atoms with Crippen molar-refractivity contribution in [3.63, 3.8) is 0 Å². The molecule has 0 spiro atoms. The number of hydrogen-bond donors (Lipinski definition) is 1. The number of nitrogens with one attached hydrogen (secondary N) is 1. The Labute approximate surface area is 144 Å². The Kier molecular flexibility index (Phi) is 5.91. The summed E-state index contributed by atoms with van der Waals surface area (Å²) >= 11 is 0. The number of ketones is 1. The Morgan fingerprint density at radius 2 is 1.25 bits per heavy atom. The Morgan fingerprint density at radius 1 is 0.833 bits per heavy atom. The highest BCUT2D eigenvalue weighted by Crippen LogP contribution is 2.17. The molecule has 0 aliphatic rings. The Morgan fingerprint density at radius 3 is 1.62 bits per heavy atom. The van der Waals surface area contributed by atoms with Crippen LogP contribution in [-0.2, 0) is 22.4 Å². The zero-order valence-corrected chi connectivity index (χ0v) is 14.6. The summed E-state index contributed by atoms with van der Waals surface area (Å²) in [5.74, 6) is -1.21. The summed E-state index contributed by atoms with van der Waals surface area (Å²) in [6, 6.07) is 19.7. The monoisotopic (exact) mass is 323 g/mol. The van der Waals surface area contributed by atoms with E-state index in [2.05, 4.69) is 5.32 Å². The van der Waals surface area contributed by atoms with Crippen LogP contribution >= 0.6 is 0 Å². The van der Waals surface area contributed by atoms with Crippen LogP contribution in [0.5, 0.6) is 0 Å². The van der Waals surface area contributed by atoms with E-state index < -0.39 is 11.4 Å². The molecular weight excluding hydrogens is 298 g/mol. The molecule has 3 heteroatoms. The van der Waals surface area contributed by atoms with E-state index in [9.17, 15) is 9.59 Å². The predicted molar refractivity (Wildman–Crippen MR) is 96.7 cm³/mol. The van der Waals surface area contributed by atoms with Crippen LogP contribution in [0.1, 0.15) is 31.9 Å². The maximum Gasteiger partial charge on any atom is 0.288 e. The molecule has 2 aromatic rings. The number of amides is 1. The second-order valence-corrected chi connectivity index (χ2v) is 7.14. The van der Waals surface area contributed by atoms with Gasteiger partial charge in [0.05, 0.1) is 0 Å². The molecule has 2 aromatic carbocycles. The molecule has 0 heterocycles. The number of carbonyl (C=O) groups is 2. The summed E-state index contributed by atoms with van der Waals surface area (Å²) in [5, 5.41) is 2.78. The smallest absolute Gasteiger partial charge is 0.288 e. The van der Waals surface area contributed by atoms with Crippen molar-refractivity contribution in [2.24, 2.45) is 5.92 Å². The van der Waals surface area contributed by atoms with Crippen LogP contribution < -0.4 is 5.32 Å². The average Bonchev–Trinajstić information content (AvgIpc) is 2.54. The van der Waals surface area contributed by atoms with Gasteiger partial charge in [0, 0.05) is 11.5 Å². The van der Waals surface area contributed by atoms with Crippen molar-refractivity contribution in [1.29, 1.82) is 0 Å². The minimum absolute atomic E-state index is 0.349. The minimum atomic E-state index is -0.501. The molecule has 0 unspecified atom stereocenters. The first-order valence-electron chi connectivity index (χ1n) is 8.29. The third-order valence-electron chi connectivity index (χ3n) is 3.73. The first-order valence-corrected chi connectivity index (χ1v) is 8.29. The van der Waals surface area contributed by atoms with E-state index in [1.54, 1.807) is 0 Å². The summed E-state index contributed by atoms with van der Waals surface area (Å²) in [7, 11) is 0. The van der Waals surface area contributed by atoms with Crippen molar-refractivity contribution < 1.29 is 9.59 Å². The van der Waals surface area contributed by atoms with Gasteiger partial charge in [0.2, 0.25) is 5.78 Å². The summed E-state index contributed by atoms with van der Waals surface area (Å²) in [6.45, 7) is 5.63. The highest BCUT2D eigenvalue weighted by molar-refractivity contribution is 6.37. The fourth-order valence-corrected chi connectivity index (χ4v) is 2.64. The van der Waals surface area contributed by atoms with Crippen LogP contribution in [0.4, 0.5) is 0 Å². The maximum atomic E-state index is 12.7. The van der Waals surface area contributed by atoms with Gasteiger partial charge in [-0.1, -0.05) is 60.7 Å². The lowest BCUT2D eigenvalue weighted by molar-refractivity contribution is -0.141. The first-order chi connectivity index (χ1) is 11.3. The Hall–Kier alpha value is -2.42. The van der Waals surface area contributed by atoms with E-state index in [0.717, 1.165) is 11.1 Å². The highest BCUT2D eigenvalue weighted by Gasteiger charge is 2.28. The van der Waals surface area contributed by atoms with Gasteiger partial charge in [0.15, 0.2) is 0 Å². The van der Waals surface area contributed by atoms with Crippen molar-refractivity contribution in [2.75, 3.05) is 0 Å². The number of benzene rings is 2. The molecule has 0 radical (unpaired) electrons. The quantitative estimate of drug-likeness (QED) is 0.826. The van der Waals surface area contributed by atoms with Crippen LogP contribution in [0.2, 0.25) is 0 Å². The molecule has 0 atom stereocenters. The van der Waals surface area contributed by atoms with Crippen LogP contribution in [0.25, 0.3) is 0 Å². The van der Waals surface area contributed by atoms with Crippen molar-refractivity contribution in [3.05, 3.63) is 71.8 Å². The summed E-state index contributed by atoms with van der Waals surface area (Å²) in [4.78, 5) is 25.0. The number of hydrogen-bond acceptors (Lipinski definition) is 2. The molecular formula is C21H25NO2. The van der Waals surface area contributed by atoms with Gasteiger partial charge in [0.1, 0.15) is 0 Å². The lowest BCUT2D eigenvalue weighted by Gasteiger charge is -2.22. The van der Waals surface area contributed by atoms with Gasteiger partial charge in [-0.15, -0.1) is 0 Å². The molecule has 0 bridgehead atoms. The molecule has 0 aromatic heterocycles. The number of carbonyl (C=O) groups excluding carboxylic acids is 2. The number of rotatable bonds is 6. The molecule has 0 saturated carbocycles. The predicted octanol–water partition coefficient (Wildman–Crippen LogP) is 3.57. The normalized spacial score (nSPS) is 11.3.